The molecule has 2 amide bonds. The fourth-order valence-electron chi connectivity index (χ4n) is 4.66. The molecule has 0 aromatic heterocycles. The number of ether oxygens (including phenoxy) is 2. The van der Waals surface area contributed by atoms with Gasteiger partial charge in [-0.2, -0.15) is 0 Å². The highest BCUT2D eigenvalue weighted by atomic mass is 16.6. The number of benzene rings is 3. The molecular formula is C37H54N2O5. The molecule has 0 unspecified atom stereocenters. The Morgan fingerprint density at radius 2 is 1.34 bits per heavy atom. The van der Waals surface area contributed by atoms with Crippen LogP contribution in [0.1, 0.15) is 83.4 Å². The van der Waals surface area contributed by atoms with Crippen LogP contribution in [0.2, 0.25) is 0 Å². The first-order chi connectivity index (χ1) is 21.6. The summed E-state index contributed by atoms with van der Waals surface area (Å²) < 4.78 is 11.1. The van der Waals surface area contributed by atoms with Crippen molar-refractivity contribution in [3.8, 4) is 0 Å². The Balaban J connectivity index is 0.000000626. The molecule has 1 aliphatic heterocycles. The van der Waals surface area contributed by atoms with E-state index in [0.29, 0.717) is 32.7 Å². The van der Waals surface area contributed by atoms with Gasteiger partial charge < -0.3 is 9.47 Å². The number of nitrogens with zero attached hydrogens (tertiary/aromatic N) is 1. The molecule has 242 valence electrons. The predicted octanol–water partition coefficient (Wildman–Crippen LogP) is 8.51. The van der Waals surface area contributed by atoms with Crippen LogP contribution in [-0.4, -0.2) is 36.2 Å². The first-order valence-electron chi connectivity index (χ1n) is 16.1. The van der Waals surface area contributed by atoms with Gasteiger partial charge in [0.05, 0.1) is 19.3 Å². The number of imide groups is 1. The van der Waals surface area contributed by atoms with E-state index in [4.69, 9.17) is 15.4 Å². The standard InChI is InChI=1S/C26H33NO4.C7H9NO.2C2H6/c1-2-3-6-15-23(16-17-30-19-22-13-9-5-10-14-22)25(28)27-24(20-31-26(27)29)18-21-11-7-4-8-12-21;8-9-6-7-4-2-1-3-5-7;2*1-2/h4-5,7-14,23-24H,2-3,6,15-20H2,1H3;1-5H,6,8H2;2*1-2H3/t23-,24+;;;/m1.../s1. The number of carbonyl (C=O) groups is 2. The predicted molar refractivity (Wildman–Crippen MR) is 179 cm³/mol. The van der Waals surface area contributed by atoms with Crippen molar-refractivity contribution in [3.05, 3.63) is 108 Å². The molecule has 2 N–H and O–H groups in total. The molecule has 7 nitrogen and oxygen atoms in total. The lowest BCUT2D eigenvalue weighted by Gasteiger charge is -2.25. The van der Waals surface area contributed by atoms with E-state index >= 15 is 0 Å². The van der Waals surface area contributed by atoms with Crippen LogP contribution in [0.5, 0.6) is 0 Å². The van der Waals surface area contributed by atoms with Crippen molar-refractivity contribution in [2.45, 2.75) is 92.4 Å². The van der Waals surface area contributed by atoms with E-state index in [0.717, 1.165) is 42.4 Å². The summed E-state index contributed by atoms with van der Waals surface area (Å²) >= 11 is 0. The molecule has 44 heavy (non-hydrogen) atoms. The minimum absolute atomic E-state index is 0.122. The van der Waals surface area contributed by atoms with Crippen LogP contribution in [0.4, 0.5) is 4.79 Å². The maximum absolute atomic E-state index is 13.4. The number of rotatable bonds is 14. The zero-order valence-corrected chi connectivity index (χ0v) is 27.5. The van der Waals surface area contributed by atoms with Crippen molar-refractivity contribution in [2.75, 3.05) is 13.2 Å². The Hall–Kier alpha value is -3.52. The third-order valence-corrected chi connectivity index (χ3v) is 6.83. The fourth-order valence-corrected chi connectivity index (χ4v) is 4.66. The van der Waals surface area contributed by atoms with E-state index < -0.39 is 6.09 Å². The van der Waals surface area contributed by atoms with Crippen LogP contribution >= 0.6 is 0 Å². The maximum atomic E-state index is 13.4. The summed E-state index contributed by atoms with van der Waals surface area (Å²) in [6.45, 7) is 11.9. The van der Waals surface area contributed by atoms with Crippen LogP contribution in [0.25, 0.3) is 0 Å². The second-order valence-corrected chi connectivity index (χ2v) is 9.94. The van der Waals surface area contributed by atoms with Crippen LogP contribution in [0, 0.1) is 5.92 Å². The highest BCUT2D eigenvalue weighted by molar-refractivity contribution is 5.94. The summed E-state index contributed by atoms with van der Waals surface area (Å²) in [5, 5.41) is 0. The highest BCUT2D eigenvalue weighted by Crippen LogP contribution is 2.24. The molecular weight excluding hydrogens is 552 g/mol. The van der Waals surface area contributed by atoms with E-state index in [-0.39, 0.29) is 24.5 Å². The molecule has 1 saturated heterocycles. The van der Waals surface area contributed by atoms with Gasteiger partial charge in [0, 0.05) is 12.5 Å². The number of unbranched alkanes of at least 4 members (excludes halogenated alkanes) is 2. The van der Waals surface area contributed by atoms with Gasteiger partial charge in [0.2, 0.25) is 5.91 Å². The number of hydrogen-bond donors (Lipinski definition) is 1. The lowest BCUT2D eigenvalue weighted by Crippen LogP contribution is -2.43. The number of nitrogens with two attached hydrogens (primary N) is 1. The van der Waals surface area contributed by atoms with E-state index in [1.54, 1.807) is 0 Å². The highest BCUT2D eigenvalue weighted by Gasteiger charge is 2.40. The SMILES string of the molecule is CC.CC.CCCCC[C@H](CCOCc1ccccc1)C(=O)N1C(=O)OC[C@@H]1Cc1ccccc1.NOCc1ccccc1. The summed E-state index contributed by atoms with van der Waals surface area (Å²) in [5.74, 6) is 4.51. The molecule has 0 saturated carbocycles. The zero-order valence-electron chi connectivity index (χ0n) is 27.5. The Kier molecular flexibility index (Phi) is 21.8. The number of hydrogen-bond acceptors (Lipinski definition) is 6. The van der Waals surface area contributed by atoms with E-state index in [1.165, 1.54) is 4.90 Å². The minimum atomic E-state index is -0.517. The molecule has 0 radical (unpaired) electrons. The number of amides is 2. The molecule has 1 heterocycles. The molecule has 2 atom stereocenters. The smallest absolute Gasteiger partial charge is 0.416 e. The second-order valence-electron chi connectivity index (χ2n) is 9.94. The third-order valence-electron chi connectivity index (χ3n) is 6.83. The topological polar surface area (TPSA) is 91.1 Å². The maximum Gasteiger partial charge on any atom is 0.416 e. The summed E-state index contributed by atoms with van der Waals surface area (Å²) in [6, 6.07) is 29.5. The zero-order chi connectivity index (χ0) is 32.4. The van der Waals surface area contributed by atoms with Gasteiger partial charge in [0.1, 0.15) is 6.61 Å². The third kappa shape index (κ3) is 14.8. The molecule has 0 aliphatic carbocycles. The Labute approximate surface area is 265 Å². The molecule has 3 aromatic rings. The van der Waals surface area contributed by atoms with Crippen LogP contribution < -0.4 is 5.90 Å². The first kappa shape index (κ1) is 38.5. The van der Waals surface area contributed by atoms with Gasteiger partial charge in [-0.3, -0.25) is 9.63 Å². The summed E-state index contributed by atoms with van der Waals surface area (Å²) in [7, 11) is 0. The normalized spacial score (nSPS) is 14.1. The average Bonchev–Trinajstić information content (AvgIpc) is 3.45. The Morgan fingerprint density at radius 3 is 1.86 bits per heavy atom. The quantitative estimate of drug-likeness (QED) is 0.146. The first-order valence-corrected chi connectivity index (χ1v) is 16.1. The van der Waals surface area contributed by atoms with Crippen molar-refractivity contribution in [2.24, 2.45) is 11.8 Å². The Bertz CT molecular complexity index is 1110. The van der Waals surface area contributed by atoms with Crippen molar-refractivity contribution < 1.29 is 23.9 Å². The van der Waals surface area contributed by atoms with Crippen molar-refractivity contribution in [1.29, 1.82) is 0 Å². The second kappa shape index (κ2) is 24.9. The average molecular weight is 607 g/mol. The number of carbonyl (C=O) groups excluding carboxylic acids is 2. The van der Waals surface area contributed by atoms with Gasteiger partial charge in [-0.25, -0.2) is 15.6 Å². The molecule has 7 heteroatoms. The molecule has 0 bridgehead atoms. The molecule has 4 rings (SSSR count). The van der Waals surface area contributed by atoms with Crippen LogP contribution in [0.15, 0.2) is 91.0 Å². The van der Waals surface area contributed by atoms with Crippen LogP contribution in [-0.2, 0) is 38.7 Å². The van der Waals surface area contributed by atoms with E-state index in [2.05, 4.69) is 11.8 Å². The lowest BCUT2D eigenvalue weighted by molar-refractivity contribution is -0.134. The van der Waals surface area contributed by atoms with Crippen molar-refractivity contribution in [3.63, 3.8) is 0 Å². The Morgan fingerprint density at radius 1 is 0.818 bits per heavy atom. The largest absolute Gasteiger partial charge is 0.447 e. The van der Waals surface area contributed by atoms with E-state index in [1.807, 2.05) is 119 Å². The minimum Gasteiger partial charge on any atom is -0.447 e. The van der Waals surface area contributed by atoms with Crippen LogP contribution in [0.3, 0.4) is 0 Å². The van der Waals surface area contributed by atoms with E-state index in [9.17, 15) is 9.59 Å². The van der Waals surface area contributed by atoms with Gasteiger partial charge in [-0.15, -0.1) is 0 Å². The lowest BCUT2D eigenvalue weighted by atomic mass is 9.95. The summed E-state index contributed by atoms with van der Waals surface area (Å²) in [6.07, 6.45) is 4.61. The van der Waals surface area contributed by atoms with Gasteiger partial charge in [-0.1, -0.05) is 145 Å². The summed E-state index contributed by atoms with van der Waals surface area (Å²) in [4.78, 5) is 31.6. The van der Waals surface area contributed by atoms with Gasteiger partial charge >= 0.3 is 6.09 Å². The monoisotopic (exact) mass is 606 g/mol. The summed E-state index contributed by atoms with van der Waals surface area (Å²) in [5.41, 5.74) is 3.31. The molecule has 3 aromatic carbocycles. The van der Waals surface area contributed by atoms with Gasteiger partial charge in [-0.05, 0) is 36.0 Å². The fraction of sp³-hybridized carbons (Fsp3) is 0.459. The molecule has 1 aliphatic rings. The van der Waals surface area contributed by atoms with Crippen molar-refractivity contribution in [1.82, 2.24) is 4.90 Å². The number of cyclic esters (lactones) is 1. The van der Waals surface area contributed by atoms with Gasteiger partial charge in [0.25, 0.3) is 0 Å². The van der Waals surface area contributed by atoms with Crippen molar-refractivity contribution >= 4 is 12.0 Å². The molecule has 1 fully saturated rings. The molecule has 0 spiro atoms. The van der Waals surface area contributed by atoms with Gasteiger partial charge in [0.15, 0.2) is 0 Å².